The molecule has 28 nitrogen and oxygen atoms in total. The highest BCUT2D eigenvalue weighted by Gasteiger charge is 2.74. The van der Waals surface area contributed by atoms with Crippen molar-refractivity contribution in [2.45, 2.75) is 271 Å². The molecule has 9 heterocycles. The molecule has 9 aliphatic heterocycles. The summed E-state index contributed by atoms with van der Waals surface area (Å²) in [5.74, 6) is 1.37. The second-order valence-electron chi connectivity index (χ2n) is 40.0. The Kier molecular flexibility index (Phi) is 27.4. The van der Waals surface area contributed by atoms with Crippen molar-refractivity contribution in [3.05, 3.63) is 246 Å². The van der Waals surface area contributed by atoms with Crippen LogP contribution in [0.15, 0.2) is 179 Å². The first-order chi connectivity index (χ1) is 63.9. The molecule has 8 spiro atoms. The standard InChI is InChI=1S/C27H31BN2O5.C21H19BrN2O3.C21H20N2O4.C20H17BrN2O3.2C6H14O2.C2H3N.B2/c1-24(2)25(3,4)35-28(34-24)19-10-11-21-20(16-19)27(22(31)30(5)23(32)29-27)26(33-21)14-12-17-8-6-7-9-18(17)13-15-26;1-24-18(25)21(23-19(24)26)16-12-15(22)6-7-17(16)27-20(21)10-8-13-4-2-3-5-14(13)9-11-20;1-23-18(25)21(22-19(23)26)16-12-15(24)6-7-17(16)27-20(21)10-8-13-4-2-3-5-14(13)9-11-20;21-14-5-6-16-15(11-14)20(17(24)22-18(25)23-20)19(26-16)9-7-12-3-1-2-4-13(12)8-10-19;2*1-5(2,7)6(3,4)8;1-2-3;1-2/h6-11,16H,12-15H2,1-5H3,(H,29,32);2-7,12H,8-11H2,1H3,(H,23,26);2-7,12,24H,8-11H2,1H3,(H,22,26);1-6,11H,7-10H2,(H2,22,23,24,25);2*7-8H,1-4H3;1H3;. The zero-order valence-electron chi connectivity index (χ0n) is 79.7. The maximum absolute atomic E-state index is 13.9. The zero-order chi connectivity index (χ0) is 99.1. The molecule has 8 aromatic rings. The molecule has 0 saturated carbocycles. The SMILES string of the molecule is CC#N.CC(C)(O)C(C)(C)O.CC(C)(O)C(C)(C)O.CN1C(=O)NC2(C1=O)c1cc(B3OC(C)(C)C(C)(C)O3)ccc1OC21CCc2ccccc2CC1.CN1C(=O)NC2(C1=O)c1cc(Br)ccc1OC21CCc2ccccc2CC1.CN1C(=O)NC2(C1=O)c1cc(O)ccc1OC21CCc2ccccc2CC1.O=C1NC(=O)C2(N1)c1cc(Br)ccc1OC21CCc2ccccc2CC1.[B][B]. The number of nitriles is 1. The van der Waals surface area contributed by atoms with Crippen LogP contribution in [0, 0.1) is 11.3 Å². The normalized spacial score (nSPS) is 23.7. The molecule has 136 heavy (non-hydrogen) atoms. The minimum atomic E-state index is -1.31. The van der Waals surface area contributed by atoms with Gasteiger partial charge in [-0.1, -0.05) is 141 Å². The fourth-order valence-corrected chi connectivity index (χ4v) is 21.2. The first kappa shape index (κ1) is 101. The molecule has 712 valence electrons. The Morgan fingerprint density at radius 3 is 0.875 bits per heavy atom. The van der Waals surface area contributed by atoms with Gasteiger partial charge in [-0.05, 0) is 296 Å². The average Bonchev–Trinajstić information content (AvgIpc) is 1.61. The summed E-state index contributed by atoms with van der Waals surface area (Å²) < 4.78 is 40.4. The van der Waals surface area contributed by atoms with Gasteiger partial charge in [0.05, 0.1) is 39.7 Å². The molecule has 4 aliphatic carbocycles. The van der Waals surface area contributed by atoms with Crippen LogP contribution >= 0.6 is 31.9 Å². The van der Waals surface area contributed by atoms with Gasteiger partial charge in [0.1, 0.15) is 51.2 Å². The minimum Gasteiger partial charge on any atom is -0.508 e. The molecule has 4 unspecified atom stereocenters. The third-order valence-electron chi connectivity index (χ3n) is 30.3. The van der Waals surface area contributed by atoms with Crippen LogP contribution in [0.5, 0.6) is 28.7 Å². The fourth-order valence-electron chi connectivity index (χ4n) is 20.5. The molecule has 8 aromatic carbocycles. The number of halogens is 2. The van der Waals surface area contributed by atoms with Crippen molar-refractivity contribution < 1.29 is 92.1 Å². The molecule has 10 N–H and O–H groups in total. The van der Waals surface area contributed by atoms with E-state index in [1.807, 2.05) is 131 Å². The Bertz CT molecular complexity index is 5770. The number of aromatic hydroxyl groups is 1. The van der Waals surface area contributed by atoms with E-state index in [-0.39, 0.29) is 35.4 Å². The van der Waals surface area contributed by atoms with Crippen molar-refractivity contribution in [2.24, 2.45) is 0 Å². The van der Waals surface area contributed by atoms with Gasteiger partial charge in [-0.3, -0.25) is 39.2 Å². The van der Waals surface area contributed by atoms with E-state index in [0.717, 1.165) is 81.8 Å². The molecule has 21 rings (SSSR count). The molecule has 0 aromatic heterocycles. The minimum absolute atomic E-state index is 0.0438. The number of nitrogens with one attached hydrogen (secondary N) is 5. The summed E-state index contributed by atoms with van der Waals surface area (Å²) in [5, 5.41) is 68.2. The Morgan fingerprint density at radius 1 is 0.382 bits per heavy atom. The van der Waals surface area contributed by atoms with Crippen LogP contribution in [0.2, 0.25) is 0 Å². The quantitative estimate of drug-likeness (QED) is 0.0580. The van der Waals surface area contributed by atoms with E-state index in [1.165, 1.54) is 82.4 Å². The van der Waals surface area contributed by atoms with Crippen LogP contribution in [0.1, 0.15) is 208 Å². The number of amides is 12. The third kappa shape index (κ3) is 17.2. The lowest BCUT2D eigenvalue weighted by molar-refractivity contribution is -0.139. The van der Waals surface area contributed by atoms with E-state index in [2.05, 4.69) is 122 Å². The lowest BCUT2D eigenvalue weighted by Gasteiger charge is -2.39. The van der Waals surface area contributed by atoms with Crippen molar-refractivity contribution in [3.63, 3.8) is 0 Å². The van der Waals surface area contributed by atoms with Crippen LogP contribution in [0.25, 0.3) is 0 Å². The van der Waals surface area contributed by atoms with E-state index >= 15 is 0 Å². The number of benzene rings is 8. The number of likely N-dealkylation sites (N-methyl/N-ethyl adjacent to an activating group) is 3. The number of phenols is 1. The van der Waals surface area contributed by atoms with Crippen molar-refractivity contribution in [2.75, 3.05) is 21.1 Å². The number of imide groups is 4. The van der Waals surface area contributed by atoms with Gasteiger partial charge in [-0.15, -0.1) is 0 Å². The van der Waals surface area contributed by atoms with Gasteiger partial charge < -0.3 is 75.1 Å². The van der Waals surface area contributed by atoms with Gasteiger partial charge >= 0.3 is 31.2 Å². The van der Waals surface area contributed by atoms with E-state index < -0.39 is 103 Å². The number of ether oxygens (including phenoxy) is 4. The monoisotopic (exact) mass is 1980 g/mol. The van der Waals surface area contributed by atoms with Crippen LogP contribution in [-0.4, -0.2) is 188 Å². The summed E-state index contributed by atoms with van der Waals surface area (Å²) in [7, 11) is 12.0. The highest BCUT2D eigenvalue weighted by atomic mass is 79.9. The summed E-state index contributed by atoms with van der Waals surface area (Å²) in [5.41, 5.74) is 0.290. The van der Waals surface area contributed by atoms with Gasteiger partial charge in [0.15, 0.2) is 22.2 Å². The predicted molar refractivity (Wildman–Crippen MR) is 520 cm³/mol. The van der Waals surface area contributed by atoms with Crippen molar-refractivity contribution in [1.29, 1.82) is 5.26 Å². The molecular weight excluding hydrogens is 1860 g/mol. The number of phenolic OH excluding ortho intramolecular Hbond substituents is 1. The molecule has 5 saturated heterocycles. The number of aryl methyl sites for hydroxylation is 8. The number of rotatable bonds is 3. The Labute approximate surface area is 813 Å². The van der Waals surface area contributed by atoms with Gasteiger partial charge in [-0.25, -0.2) is 19.2 Å². The Hall–Kier alpha value is -11.1. The third-order valence-corrected chi connectivity index (χ3v) is 31.3. The number of aliphatic hydroxyl groups is 4. The second-order valence-corrected chi connectivity index (χ2v) is 41.8. The molecule has 4 atom stereocenters. The number of carbonyl (C=O) groups is 8. The summed E-state index contributed by atoms with van der Waals surface area (Å²) in [6.45, 7) is 22.1. The van der Waals surface area contributed by atoms with E-state index in [9.17, 15) is 43.5 Å². The van der Waals surface area contributed by atoms with Crippen LogP contribution in [0.4, 0.5) is 19.2 Å². The van der Waals surface area contributed by atoms with E-state index in [0.29, 0.717) is 85.5 Å². The summed E-state index contributed by atoms with van der Waals surface area (Å²) in [6, 6.07) is 55.2. The lowest BCUT2D eigenvalue weighted by Crippen LogP contribution is -2.61. The summed E-state index contributed by atoms with van der Waals surface area (Å²) in [6.07, 6.45) is 11.3. The first-order valence-electron chi connectivity index (χ1n) is 45.8. The largest absolute Gasteiger partial charge is 0.508 e. The number of urea groups is 4. The van der Waals surface area contributed by atoms with Crippen molar-refractivity contribution in [1.82, 2.24) is 41.3 Å². The topological polar surface area (TPSA) is 387 Å². The molecule has 5 fully saturated rings. The first-order valence-corrected chi connectivity index (χ1v) is 47.4. The smallest absolute Gasteiger partial charge is 0.494 e. The van der Waals surface area contributed by atoms with Crippen LogP contribution in [0.3, 0.4) is 0 Å². The number of fused-ring (bicyclic) bond motifs is 16. The van der Waals surface area contributed by atoms with Gasteiger partial charge in [0.2, 0.25) is 0 Å². The van der Waals surface area contributed by atoms with Crippen LogP contribution < -0.4 is 51.0 Å². The molecule has 12 amide bonds. The van der Waals surface area contributed by atoms with Gasteiger partial charge in [-0.2, -0.15) is 5.26 Å². The maximum Gasteiger partial charge on any atom is 0.494 e. The molecular formula is C103H118B3Br2N9O19. The van der Waals surface area contributed by atoms with Gasteiger partial charge in [0.25, 0.3) is 23.6 Å². The van der Waals surface area contributed by atoms with Crippen molar-refractivity contribution in [3.8, 4) is 34.8 Å². The van der Waals surface area contributed by atoms with E-state index in [1.54, 1.807) is 79.7 Å². The van der Waals surface area contributed by atoms with E-state index in [4.69, 9.17) is 53.9 Å². The van der Waals surface area contributed by atoms with Gasteiger partial charge in [0, 0.05) is 74.7 Å². The Morgan fingerprint density at radius 2 is 0.625 bits per heavy atom. The Balaban J connectivity index is 0.000000136. The molecule has 33 heteroatoms. The number of nitrogens with zero attached hydrogens (tertiary/aromatic N) is 4. The summed E-state index contributed by atoms with van der Waals surface area (Å²) >= 11 is 6.99. The zero-order valence-corrected chi connectivity index (χ0v) is 82.9. The number of carbonyl (C=O) groups excluding carboxylic acids is 8. The number of hydrogen-bond acceptors (Lipinski definition) is 20. The highest BCUT2D eigenvalue weighted by molar-refractivity contribution is 9.10. The molecule has 0 bridgehead atoms. The number of hydrogen-bond donors (Lipinski definition) is 10. The summed E-state index contributed by atoms with van der Waals surface area (Å²) in [4.78, 5) is 107. The fraction of sp³-hybridized carbons (Fsp3) is 0.447. The average molecular weight is 1980 g/mol. The van der Waals surface area contributed by atoms with Crippen LogP contribution in [-0.2, 0) is 102 Å². The second kappa shape index (κ2) is 37.0. The maximum atomic E-state index is 13.9. The molecule has 13 aliphatic rings. The lowest BCUT2D eigenvalue weighted by atomic mass is 9.69. The predicted octanol–water partition coefficient (Wildman–Crippen LogP) is 13.1. The highest BCUT2D eigenvalue weighted by Crippen LogP contribution is 2.61. The molecule has 4 radical (unpaired) electrons. The van der Waals surface area contributed by atoms with Crippen molar-refractivity contribution >= 4 is 108 Å².